The van der Waals surface area contributed by atoms with Gasteiger partial charge in [0.1, 0.15) is 59.4 Å². The van der Waals surface area contributed by atoms with Gasteiger partial charge in [0.2, 0.25) is 47.2 Å². The highest BCUT2D eigenvalue weighted by Gasteiger charge is 2.31. The summed E-state index contributed by atoms with van der Waals surface area (Å²) in [4.78, 5) is 133. The van der Waals surface area contributed by atoms with Crippen molar-refractivity contribution in [2.24, 2.45) is 5.92 Å². The van der Waals surface area contributed by atoms with E-state index in [1.807, 2.05) is 127 Å². The number of benzene rings is 6. The second-order valence-corrected chi connectivity index (χ2v) is 37.0. The zero-order valence-electron chi connectivity index (χ0n) is 83.2. The van der Waals surface area contributed by atoms with Crippen LogP contribution in [0.15, 0.2) is 269 Å². The number of pyridine rings is 4. The number of Topliss-reactive ketones (excluding diaryl/α,β-unsaturated/α-hetero) is 2. The van der Waals surface area contributed by atoms with Crippen LogP contribution < -0.4 is 26.6 Å². The van der Waals surface area contributed by atoms with Gasteiger partial charge in [0.15, 0.2) is 57.5 Å². The number of halogens is 5. The van der Waals surface area contributed by atoms with Crippen LogP contribution in [0, 0.1) is 33.6 Å². The predicted octanol–water partition coefficient (Wildman–Crippen LogP) is 24.5. The molecular formula is C110H98Cl5N21O14. The number of hydrogen-bond donors (Lipinski definition) is 7. The Bertz CT molecular complexity index is 8050. The molecule has 0 unspecified atom stereocenters. The van der Waals surface area contributed by atoms with E-state index in [1.165, 1.54) is 59.8 Å². The number of amides is 5. The molecule has 0 aliphatic heterocycles. The number of furan rings is 2. The Balaban J connectivity index is 0.000000140. The van der Waals surface area contributed by atoms with Gasteiger partial charge in [-0.25, -0.2) is 44.9 Å². The fourth-order valence-electron chi connectivity index (χ4n) is 15.2. The molecule has 40 heteroatoms. The molecule has 0 radical (unpaired) electrons. The summed E-state index contributed by atoms with van der Waals surface area (Å²) in [5, 5.41) is 29.9. The Morgan fingerprint density at radius 2 is 0.853 bits per heavy atom. The minimum Gasteiger partial charge on any atom is -0.467 e. The fraction of sp³-hybridized carbons (Fsp3) is 0.182. The Hall–Kier alpha value is -17.1. The van der Waals surface area contributed by atoms with Gasteiger partial charge in [-0.05, 0) is 223 Å². The highest BCUT2D eigenvalue weighted by molar-refractivity contribution is 6.35. The third-order valence-electron chi connectivity index (χ3n) is 22.3. The van der Waals surface area contributed by atoms with Crippen LogP contribution >= 0.6 is 58.0 Å². The van der Waals surface area contributed by atoms with Gasteiger partial charge in [-0.1, -0.05) is 126 Å². The molecule has 19 aromatic rings. The van der Waals surface area contributed by atoms with Crippen molar-refractivity contribution in [1.82, 2.24) is 90.8 Å². The second-order valence-electron chi connectivity index (χ2n) is 34.9. The number of rotatable bonds is 29. The first-order valence-corrected chi connectivity index (χ1v) is 48.6. The van der Waals surface area contributed by atoms with E-state index < -0.39 is 5.91 Å². The number of hydrogen-bond acceptors (Lipinski definition) is 28. The largest absolute Gasteiger partial charge is 0.467 e. The maximum atomic E-state index is 13.0. The standard InChI is InChI=1S/C24H20ClN3O4.C23H23ClN6O2.C23H25ClN4O3.C21H16ClN3O3.C19H14ClN5O2/c1-14-12-26-16(10-15(2)29)11-19(14)24-28-21(23(30)27-13-17-6-5-9-31-17)22(32-24)18-7-3-4-8-20(18)25;1-13-10-25-21(28-14(2)31)9-16(13)20-8-18(23-26-12-27-29-23)22(32-20)17-7-15(11-30(3)4)5-6-19(17)24;1-13(2)9-10-25-22(30)20-21(16-7-5-6-8-18(16)24)31-23(28-20)17-11-19(27-15(4)29)26-12-14(17)3;1-12-11-24-14(9-13(2)26)10-16(12)20-25-18(21-23-7-8-27-21)19(28-20)15-5-3-4-6-17(15)22;1-11(26)23-13-8-6-12(7-9-13)19-24-16(18-21-10-22-25-18)17(27-19)14-4-2-3-5-15(14)20/h3-9,11-12H,10,13H2,1-2H3,(H,27,30);5-10,12H,11H2,1-4H3,(H,25,28,31)(H,26,27,29);5-8,11-13H,9-10H2,1-4H3,(H,25,30)(H,26,27,29);3-8,10-11H,9H2,1-2H3;2-10H,1H3,(H,23,26)(H,21,22,25). The van der Waals surface area contributed by atoms with Crippen LogP contribution in [-0.4, -0.2) is 142 Å². The summed E-state index contributed by atoms with van der Waals surface area (Å²) in [6.07, 6.45) is 15.4. The molecule has 5 amide bonds. The fourth-order valence-corrected chi connectivity index (χ4v) is 16.3. The van der Waals surface area contributed by atoms with Gasteiger partial charge in [-0.3, -0.25) is 53.7 Å². The van der Waals surface area contributed by atoms with Crippen LogP contribution in [0.5, 0.6) is 0 Å². The Morgan fingerprint density at radius 1 is 0.393 bits per heavy atom. The summed E-state index contributed by atoms with van der Waals surface area (Å²) >= 11 is 32.1. The number of aromatic amines is 2. The average Bonchev–Trinajstić information content (AvgIpc) is 1.63. The number of aryl methyl sites for hydroxylation is 4. The van der Waals surface area contributed by atoms with Crippen molar-refractivity contribution in [2.45, 2.75) is 109 Å². The summed E-state index contributed by atoms with van der Waals surface area (Å²) < 4.78 is 41.4. The lowest BCUT2D eigenvalue weighted by Gasteiger charge is -2.12. The van der Waals surface area contributed by atoms with E-state index in [-0.39, 0.29) is 83.5 Å². The summed E-state index contributed by atoms with van der Waals surface area (Å²) in [5.41, 5.74) is 15.2. The first-order chi connectivity index (χ1) is 72.1. The zero-order chi connectivity index (χ0) is 107. The molecule has 0 fully saturated rings. The molecule has 13 heterocycles. The van der Waals surface area contributed by atoms with E-state index >= 15 is 0 Å². The summed E-state index contributed by atoms with van der Waals surface area (Å²) in [7, 11) is 4.02. The molecular weight excluding hydrogens is 2020 g/mol. The summed E-state index contributed by atoms with van der Waals surface area (Å²) in [6.45, 7) is 20.6. The zero-order valence-corrected chi connectivity index (χ0v) is 87.0. The van der Waals surface area contributed by atoms with Crippen LogP contribution in [0.4, 0.5) is 17.3 Å². The third-order valence-corrected chi connectivity index (χ3v) is 23.9. The van der Waals surface area contributed by atoms with Crippen LogP contribution in [0.3, 0.4) is 0 Å². The molecule has 0 spiro atoms. The molecule has 19 rings (SSSR count). The second kappa shape index (κ2) is 49.4. The molecule has 150 heavy (non-hydrogen) atoms. The first kappa shape index (κ1) is 107. The number of carbonyl (C=O) groups excluding carboxylic acids is 7. The first-order valence-electron chi connectivity index (χ1n) is 46.7. The molecule has 0 aliphatic rings. The van der Waals surface area contributed by atoms with E-state index in [9.17, 15) is 33.6 Å². The Labute approximate surface area is 884 Å². The molecule has 0 saturated heterocycles. The topological polar surface area (TPSA) is 474 Å². The van der Waals surface area contributed by atoms with Gasteiger partial charge < -0.3 is 62.4 Å². The molecule has 7 N–H and O–H groups in total. The molecule has 762 valence electrons. The quantitative estimate of drug-likeness (QED) is 0.0229. The van der Waals surface area contributed by atoms with Crippen LogP contribution in [0.2, 0.25) is 25.1 Å². The number of oxazole rings is 5. The maximum absolute atomic E-state index is 13.0. The van der Waals surface area contributed by atoms with Crippen LogP contribution in [0.25, 0.3) is 148 Å². The monoisotopic (exact) mass is 2110 g/mol. The van der Waals surface area contributed by atoms with Gasteiger partial charge >= 0.3 is 0 Å². The highest BCUT2D eigenvalue weighted by atomic mass is 35.5. The van der Waals surface area contributed by atoms with Crippen molar-refractivity contribution >= 4 is 116 Å². The van der Waals surface area contributed by atoms with Gasteiger partial charge in [0.25, 0.3) is 11.8 Å². The van der Waals surface area contributed by atoms with Crippen LogP contribution in [0.1, 0.15) is 121 Å². The predicted molar refractivity (Wildman–Crippen MR) is 571 cm³/mol. The number of aromatic nitrogens is 15. The highest BCUT2D eigenvalue weighted by Crippen LogP contribution is 2.46. The lowest BCUT2D eigenvalue weighted by Crippen LogP contribution is -2.26. The molecule has 0 aliphatic carbocycles. The Kier molecular flexibility index (Phi) is 35.3. The van der Waals surface area contributed by atoms with Crippen molar-refractivity contribution in [3.63, 3.8) is 0 Å². The summed E-state index contributed by atoms with van der Waals surface area (Å²) in [6, 6.07) is 54.4. The number of anilines is 3. The van der Waals surface area contributed by atoms with Gasteiger partial charge in [-0.2, -0.15) is 10.2 Å². The average molecular weight is 2120 g/mol. The minimum atomic E-state index is -0.429. The van der Waals surface area contributed by atoms with Gasteiger partial charge in [0, 0.05) is 144 Å². The number of nitrogens with zero attached hydrogens (tertiary/aromatic N) is 14. The van der Waals surface area contributed by atoms with Crippen molar-refractivity contribution in [2.75, 3.05) is 36.6 Å². The normalized spacial score (nSPS) is 10.9. The molecule has 6 aromatic carbocycles. The van der Waals surface area contributed by atoms with Gasteiger partial charge in [0.05, 0.1) is 49.7 Å². The minimum absolute atomic E-state index is 0.00513. The number of H-pyrrole nitrogens is 2. The van der Waals surface area contributed by atoms with E-state index in [0.717, 1.165) is 68.6 Å². The van der Waals surface area contributed by atoms with Crippen molar-refractivity contribution in [1.29, 1.82) is 0 Å². The lowest BCUT2D eigenvalue weighted by atomic mass is 10.0. The smallest absolute Gasteiger partial charge is 0.274 e. The molecule has 0 atom stereocenters. The van der Waals surface area contributed by atoms with Crippen LogP contribution in [-0.2, 0) is 49.9 Å². The van der Waals surface area contributed by atoms with Crippen molar-refractivity contribution < 1.29 is 64.5 Å². The van der Waals surface area contributed by atoms with E-state index in [1.54, 1.807) is 128 Å². The van der Waals surface area contributed by atoms with E-state index in [0.29, 0.717) is 175 Å². The molecule has 0 bridgehead atoms. The third kappa shape index (κ3) is 27.2. The number of ketones is 2. The SMILES string of the molecule is CC(=O)Cc1cc(-c2nc(-c3ncco3)c(-c3ccccc3Cl)o2)c(C)cn1.CC(=O)Cc1cc(-c2nc(C(=O)NCc3ccco3)c(-c3ccccc3Cl)o2)c(C)cn1.CC(=O)Nc1cc(-c2cc(-c3ncn[nH]3)c(-c3cc(CN(C)C)ccc3Cl)o2)c(C)cn1.CC(=O)Nc1cc(-c2nc(C(=O)NCCC(C)C)c(-c3ccccc3Cl)o2)c(C)cn1.CC(=O)Nc1ccc(-c2nc(-c3ncn[nH]3)c(-c3ccccc3Cl)o2)cc1. The van der Waals surface area contributed by atoms with Crippen molar-refractivity contribution in [3.05, 3.63) is 320 Å². The Morgan fingerprint density at radius 3 is 1.33 bits per heavy atom. The maximum Gasteiger partial charge on any atom is 0.274 e. The number of nitrogens with one attached hydrogen (secondary N) is 7. The number of carbonyl (C=O) groups is 7. The summed E-state index contributed by atoms with van der Waals surface area (Å²) in [5.74, 6) is 5.95. The van der Waals surface area contributed by atoms with Gasteiger partial charge in [-0.15, -0.1) is 0 Å². The molecule has 35 nitrogen and oxygen atoms in total. The molecule has 0 saturated carbocycles. The lowest BCUT2D eigenvalue weighted by molar-refractivity contribution is -0.117. The van der Waals surface area contributed by atoms with E-state index in [4.69, 9.17) is 88.9 Å². The molecule has 13 aromatic heterocycles. The van der Waals surface area contributed by atoms with Crippen molar-refractivity contribution in [3.8, 4) is 148 Å². The van der Waals surface area contributed by atoms with E-state index in [2.05, 4.69) is 121 Å².